The SMILES string of the molecule is CN1C(N)=NC(C)(c2c(F)cc(F)cc2F)C(C2=CC=C(CC(F)(F)F)CC2)S1(=O)=O. The average molecular weight is 467 g/mol. The Morgan fingerprint density at radius 3 is 2.23 bits per heavy atom. The number of benzene rings is 1. The summed E-state index contributed by atoms with van der Waals surface area (Å²) in [6.45, 7) is 1.14. The summed E-state index contributed by atoms with van der Waals surface area (Å²) in [4.78, 5) is 4.04. The first-order valence-electron chi connectivity index (χ1n) is 9.10. The zero-order valence-electron chi connectivity index (χ0n) is 16.5. The molecule has 1 aromatic carbocycles. The Labute approximate surface area is 175 Å². The molecule has 0 fully saturated rings. The summed E-state index contributed by atoms with van der Waals surface area (Å²) in [5.74, 6) is -4.45. The van der Waals surface area contributed by atoms with Gasteiger partial charge in [-0.2, -0.15) is 13.2 Å². The van der Waals surface area contributed by atoms with Gasteiger partial charge in [-0.1, -0.05) is 17.7 Å². The van der Waals surface area contributed by atoms with Crippen LogP contribution in [0.25, 0.3) is 0 Å². The molecule has 1 aliphatic heterocycles. The van der Waals surface area contributed by atoms with Crippen molar-refractivity contribution in [2.24, 2.45) is 10.7 Å². The molecule has 2 unspecified atom stereocenters. The molecule has 5 nitrogen and oxygen atoms in total. The van der Waals surface area contributed by atoms with E-state index in [1.165, 1.54) is 6.08 Å². The van der Waals surface area contributed by atoms with E-state index < -0.39 is 62.4 Å². The maximum atomic E-state index is 14.7. The Kier molecular flexibility index (Phi) is 5.66. The number of nitrogens with two attached hydrogens (primary N) is 1. The Morgan fingerprint density at radius 2 is 1.74 bits per heavy atom. The number of sulfonamides is 1. The molecule has 1 heterocycles. The number of alkyl halides is 3. The smallest absolute Gasteiger partial charge is 0.369 e. The first kappa shape index (κ1) is 23.2. The van der Waals surface area contributed by atoms with E-state index >= 15 is 0 Å². The quantitative estimate of drug-likeness (QED) is 0.686. The lowest BCUT2D eigenvalue weighted by atomic mass is 9.81. The molecule has 1 aromatic rings. The van der Waals surface area contributed by atoms with Gasteiger partial charge in [0, 0.05) is 19.2 Å². The van der Waals surface area contributed by atoms with Crippen LogP contribution in [-0.2, 0) is 15.6 Å². The van der Waals surface area contributed by atoms with Crippen LogP contribution in [0.1, 0.15) is 31.7 Å². The van der Waals surface area contributed by atoms with E-state index in [-0.39, 0.29) is 24.0 Å². The van der Waals surface area contributed by atoms with Crippen LogP contribution in [0.3, 0.4) is 0 Å². The van der Waals surface area contributed by atoms with Crippen molar-refractivity contribution >= 4 is 16.0 Å². The monoisotopic (exact) mass is 467 g/mol. The molecule has 0 saturated heterocycles. The van der Waals surface area contributed by atoms with Crippen LogP contribution in [0.5, 0.6) is 0 Å². The molecule has 0 spiro atoms. The summed E-state index contributed by atoms with van der Waals surface area (Å²) in [7, 11) is -3.27. The summed E-state index contributed by atoms with van der Waals surface area (Å²) in [6.07, 6.45) is -3.42. The van der Waals surface area contributed by atoms with Crippen LogP contribution in [0.4, 0.5) is 26.3 Å². The lowest BCUT2D eigenvalue weighted by Gasteiger charge is -2.43. The van der Waals surface area contributed by atoms with Crippen LogP contribution in [0, 0.1) is 17.5 Å². The molecule has 1 aliphatic carbocycles. The minimum atomic E-state index is -4.43. The van der Waals surface area contributed by atoms with Gasteiger partial charge in [-0.25, -0.2) is 30.9 Å². The summed E-state index contributed by atoms with van der Waals surface area (Å²) in [5.41, 5.74) is 2.93. The standard InChI is InChI=1S/C19H19F6N3O2S/c1-18(15-13(21)7-12(20)8-14(15)22)16(31(29,30)28(2)17(26)27-18)11-5-3-10(4-6-11)9-19(23,24)25/h3,5,7-8,16H,4,6,9H2,1-2H3,(H2,26,27). The predicted molar refractivity (Wildman–Crippen MR) is 102 cm³/mol. The van der Waals surface area contributed by atoms with Crippen LogP contribution in [0.15, 0.2) is 40.4 Å². The molecule has 0 aromatic heterocycles. The third-order valence-corrected chi connectivity index (χ3v) is 7.71. The molecule has 0 bridgehead atoms. The highest BCUT2D eigenvalue weighted by Crippen LogP contribution is 2.45. The number of aliphatic imine (C=N–C) groups is 1. The predicted octanol–water partition coefficient (Wildman–Crippen LogP) is 3.88. The van der Waals surface area contributed by atoms with E-state index in [0.29, 0.717) is 16.4 Å². The fourth-order valence-electron chi connectivity index (χ4n) is 4.03. The number of nitrogens with zero attached hydrogens (tertiary/aromatic N) is 2. The highest BCUT2D eigenvalue weighted by molar-refractivity contribution is 7.90. The number of halogens is 6. The van der Waals surface area contributed by atoms with Gasteiger partial charge in [0.25, 0.3) is 0 Å². The lowest BCUT2D eigenvalue weighted by molar-refractivity contribution is -0.127. The van der Waals surface area contributed by atoms with E-state index in [1.807, 2.05) is 0 Å². The van der Waals surface area contributed by atoms with Crippen molar-refractivity contribution in [2.45, 2.75) is 43.2 Å². The summed E-state index contributed by atoms with van der Waals surface area (Å²) in [6, 6.07) is 0.794. The Hall–Kier alpha value is -2.50. The van der Waals surface area contributed by atoms with E-state index in [4.69, 9.17) is 5.73 Å². The van der Waals surface area contributed by atoms with Crippen molar-refractivity contribution in [1.29, 1.82) is 0 Å². The van der Waals surface area contributed by atoms with Crippen molar-refractivity contribution in [2.75, 3.05) is 7.05 Å². The zero-order valence-corrected chi connectivity index (χ0v) is 17.3. The van der Waals surface area contributed by atoms with Crippen LogP contribution >= 0.6 is 0 Å². The van der Waals surface area contributed by atoms with Gasteiger partial charge in [0.1, 0.15) is 28.2 Å². The molecule has 2 atom stereocenters. The topological polar surface area (TPSA) is 75.8 Å². The molecular formula is C19H19F6N3O2S. The van der Waals surface area contributed by atoms with Crippen LogP contribution in [0.2, 0.25) is 0 Å². The minimum absolute atomic E-state index is 0.0432. The van der Waals surface area contributed by atoms with Gasteiger partial charge in [0.2, 0.25) is 16.0 Å². The first-order valence-corrected chi connectivity index (χ1v) is 10.6. The number of hydrogen-bond donors (Lipinski definition) is 1. The molecule has 0 radical (unpaired) electrons. The number of hydrogen-bond acceptors (Lipinski definition) is 4. The third kappa shape index (κ3) is 4.17. The largest absolute Gasteiger partial charge is 0.392 e. The molecule has 3 rings (SSSR count). The van der Waals surface area contributed by atoms with Gasteiger partial charge >= 0.3 is 6.18 Å². The highest BCUT2D eigenvalue weighted by Gasteiger charge is 2.54. The van der Waals surface area contributed by atoms with Crippen molar-refractivity contribution in [3.63, 3.8) is 0 Å². The molecular weight excluding hydrogens is 448 g/mol. The summed E-state index contributed by atoms with van der Waals surface area (Å²) in [5, 5.41) is -1.67. The highest BCUT2D eigenvalue weighted by atomic mass is 32.2. The summed E-state index contributed by atoms with van der Waals surface area (Å²) < 4.78 is 108. The second-order valence-corrected chi connectivity index (χ2v) is 9.66. The average Bonchev–Trinajstić information content (AvgIpc) is 2.59. The van der Waals surface area contributed by atoms with Crippen molar-refractivity contribution in [1.82, 2.24) is 4.31 Å². The minimum Gasteiger partial charge on any atom is -0.369 e. The maximum Gasteiger partial charge on any atom is 0.392 e. The lowest BCUT2D eigenvalue weighted by Crippen LogP contribution is -2.57. The van der Waals surface area contributed by atoms with E-state index in [1.54, 1.807) is 0 Å². The fourth-order valence-corrected chi connectivity index (χ4v) is 5.98. The molecule has 31 heavy (non-hydrogen) atoms. The third-order valence-electron chi connectivity index (χ3n) is 5.40. The molecule has 12 heteroatoms. The van der Waals surface area contributed by atoms with Gasteiger partial charge < -0.3 is 5.73 Å². The van der Waals surface area contributed by atoms with Crippen molar-refractivity contribution < 1.29 is 34.8 Å². The van der Waals surface area contributed by atoms with Crippen LogP contribution < -0.4 is 5.73 Å². The van der Waals surface area contributed by atoms with E-state index in [0.717, 1.165) is 20.0 Å². The van der Waals surface area contributed by atoms with Crippen molar-refractivity contribution in [3.05, 3.63) is 58.4 Å². The molecule has 0 saturated carbocycles. The Balaban J connectivity index is 2.21. The number of rotatable bonds is 3. The van der Waals surface area contributed by atoms with E-state index in [2.05, 4.69) is 4.99 Å². The van der Waals surface area contributed by atoms with E-state index in [9.17, 15) is 34.8 Å². The fraction of sp³-hybridized carbons (Fsp3) is 0.421. The molecule has 0 amide bonds. The number of guanidine groups is 1. The van der Waals surface area contributed by atoms with Gasteiger partial charge in [-0.05, 0) is 25.3 Å². The van der Waals surface area contributed by atoms with Crippen molar-refractivity contribution in [3.8, 4) is 0 Å². The Morgan fingerprint density at radius 1 is 1.16 bits per heavy atom. The normalized spacial score (nSPS) is 26.3. The molecule has 2 N–H and O–H groups in total. The zero-order chi connectivity index (χ0) is 23.4. The number of allylic oxidation sites excluding steroid dienone is 3. The van der Waals surface area contributed by atoms with Crippen LogP contribution in [-0.4, -0.2) is 37.2 Å². The first-order chi connectivity index (χ1) is 14.2. The molecule has 170 valence electrons. The van der Waals surface area contributed by atoms with Gasteiger partial charge in [-0.15, -0.1) is 0 Å². The maximum absolute atomic E-state index is 14.7. The molecule has 2 aliphatic rings. The van der Waals surface area contributed by atoms with Gasteiger partial charge in [0.05, 0.1) is 12.0 Å². The Bertz CT molecular complexity index is 1090. The second-order valence-electron chi connectivity index (χ2n) is 7.61. The van der Waals surface area contributed by atoms with Gasteiger partial charge in [-0.3, -0.25) is 0 Å². The summed E-state index contributed by atoms with van der Waals surface area (Å²) >= 11 is 0. The second kappa shape index (κ2) is 7.57. The van der Waals surface area contributed by atoms with Gasteiger partial charge in [0.15, 0.2) is 0 Å².